The van der Waals surface area contributed by atoms with Gasteiger partial charge in [0.15, 0.2) is 0 Å². The first-order valence-electron chi connectivity index (χ1n) is 8.34. The van der Waals surface area contributed by atoms with Crippen molar-refractivity contribution >= 4 is 40.2 Å². The summed E-state index contributed by atoms with van der Waals surface area (Å²) in [5.41, 5.74) is 1.15. The molecule has 0 radical (unpaired) electrons. The Kier molecular flexibility index (Phi) is 4.94. The normalized spacial score (nSPS) is 11.2. The number of pyridine rings is 1. The molecule has 0 aliphatic heterocycles. The number of rotatable bonds is 4. The lowest BCUT2D eigenvalue weighted by molar-refractivity contribution is 0.0696. The highest BCUT2D eigenvalue weighted by atomic mass is 35.5. The van der Waals surface area contributed by atoms with E-state index < -0.39 is 17.6 Å². The van der Waals surface area contributed by atoms with Gasteiger partial charge in [-0.3, -0.25) is 9.67 Å². The van der Waals surface area contributed by atoms with Crippen molar-refractivity contribution in [2.45, 2.75) is 6.54 Å². The summed E-state index contributed by atoms with van der Waals surface area (Å²) in [6.45, 7) is -0.0533. The second-order valence-electron chi connectivity index (χ2n) is 6.20. The molecule has 0 saturated carbocycles. The van der Waals surface area contributed by atoms with Crippen LogP contribution >= 0.6 is 23.2 Å². The number of benzene rings is 2. The Labute approximate surface area is 173 Å². The van der Waals surface area contributed by atoms with E-state index in [1.807, 2.05) is 0 Å². The molecule has 4 rings (SSSR count). The van der Waals surface area contributed by atoms with E-state index in [9.17, 15) is 13.6 Å². The second kappa shape index (κ2) is 7.42. The monoisotopic (exact) mass is 433 g/mol. The van der Waals surface area contributed by atoms with Crippen LogP contribution in [0.5, 0.6) is 0 Å². The summed E-state index contributed by atoms with van der Waals surface area (Å²) in [6.07, 6.45) is 1.52. The van der Waals surface area contributed by atoms with Gasteiger partial charge in [-0.05, 0) is 42.5 Å². The number of hydrogen-bond donors (Lipinski definition) is 1. The second-order valence-corrected chi connectivity index (χ2v) is 7.01. The average Bonchev–Trinajstić information content (AvgIpc) is 3.06. The Morgan fingerprint density at radius 3 is 2.59 bits per heavy atom. The molecule has 0 bridgehead atoms. The molecule has 2 heterocycles. The molecule has 1 N–H and O–H groups in total. The number of fused-ring (bicyclic) bond motifs is 1. The van der Waals surface area contributed by atoms with E-state index in [0.29, 0.717) is 11.0 Å². The molecule has 2 aromatic heterocycles. The summed E-state index contributed by atoms with van der Waals surface area (Å²) in [7, 11) is 0. The molecule has 0 saturated heterocycles. The minimum atomic E-state index is -1.24. The fourth-order valence-corrected chi connectivity index (χ4v) is 3.40. The third kappa shape index (κ3) is 3.43. The third-order valence-corrected chi connectivity index (χ3v) is 5.07. The molecule has 0 aliphatic rings. The quantitative estimate of drug-likeness (QED) is 0.435. The maximum atomic E-state index is 14.6. The molecule has 0 fully saturated rings. The van der Waals surface area contributed by atoms with Crippen LogP contribution in [0.15, 0.2) is 48.7 Å². The van der Waals surface area contributed by atoms with Gasteiger partial charge >= 0.3 is 5.97 Å². The zero-order valence-electron chi connectivity index (χ0n) is 14.5. The van der Waals surface area contributed by atoms with Gasteiger partial charge < -0.3 is 5.11 Å². The van der Waals surface area contributed by atoms with Gasteiger partial charge in [-0.15, -0.1) is 0 Å². The Balaban J connectivity index is 1.88. The predicted molar refractivity (Wildman–Crippen MR) is 105 cm³/mol. The number of carbonyl (C=O) groups is 1. The van der Waals surface area contributed by atoms with Crippen LogP contribution in [0, 0.1) is 11.6 Å². The lowest BCUT2D eigenvalue weighted by Crippen LogP contribution is -2.05. The summed E-state index contributed by atoms with van der Waals surface area (Å²) in [6, 6.07) is 9.74. The zero-order chi connectivity index (χ0) is 20.7. The largest absolute Gasteiger partial charge is 0.478 e. The topological polar surface area (TPSA) is 68.0 Å². The Hall–Kier alpha value is -3.03. The van der Waals surface area contributed by atoms with Crippen molar-refractivity contribution in [1.29, 1.82) is 0 Å². The van der Waals surface area contributed by atoms with Crippen LogP contribution in [0.25, 0.3) is 22.3 Å². The van der Waals surface area contributed by atoms with Gasteiger partial charge in [-0.25, -0.2) is 13.6 Å². The van der Waals surface area contributed by atoms with Crippen LogP contribution < -0.4 is 0 Å². The minimum Gasteiger partial charge on any atom is -0.478 e. The zero-order valence-corrected chi connectivity index (χ0v) is 16.0. The standard InChI is InChI=1S/C20H11Cl2F2N3O2/c21-13-5-6-14(22)17(24)12(13)9-27-16-2-1-7-25-19(16)18(26-27)11-4-3-10(20(28)29)8-15(11)23/h1-8H,9H2,(H,28,29). The van der Waals surface area contributed by atoms with Crippen LogP contribution in [0.4, 0.5) is 8.78 Å². The van der Waals surface area contributed by atoms with E-state index in [-0.39, 0.29) is 39.0 Å². The number of hydrogen-bond acceptors (Lipinski definition) is 3. The Bertz CT molecular complexity index is 1270. The molecule has 5 nitrogen and oxygen atoms in total. The van der Waals surface area contributed by atoms with Crippen molar-refractivity contribution in [2.75, 3.05) is 0 Å². The first kappa shape index (κ1) is 19.3. The molecular weight excluding hydrogens is 423 g/mol. The van der Waals surface area contributed by atoms with Crippen molar-refractivity contribution in [3.63, 3.8) is 0 Å². The first-order chi connectivity index (χ1) is 13.9. The van der Waals surface area contributed by atoms with E-state index >= 15 is 0 Å². The van der Waals surface area contributed by atoms with E-state index in [1.165, 1.54) is 35.1 Å². The molecule has 29 heavy (non-hydrogen) atoms. The van der Waals surface area contributed by atoms with Crippen molar-refractivity contribution in [2.24, 2.45) is 0 Å². The first-order valence-corrected chi connectivity index (χ1v) is 9.09. The van der Waals surface area contributed by atoms with E-state index in [4.69, 9.17) is 28.3 Å². The van der Waals surface area contributed by atoms with E-state index in [1.54, 1.807) is 12.1 Å². The molecule has 146 valence electrons. The summed E-state index contributed by atoms with van der Waals surface area (Å²) in [4.78, 5) is 15.3. The maximum absolute atomic E-state index is 14.6. The average molecular weight is 434 g/mol. The fraction of sp³-hybridized carbons (Fsp3) is 0.0500. The lowest BCUT2D eigenvalue weighted by atomic mass is 10.1. The summed E-state index contributed by atoms with van der Waals surface area (Å²) in [5.74, 6) is -2.66. The fourth-order valence-electron chi connectivity index (χ4n) is 3.02. The van der Waals surface area contributed by atoms with Gasteiger partial charge in [-0.1, -0.05) is 23.2 Å². The number of aromatic carboxylic acids is 1. The Morgan fingerprint density at radius 2 is 1.86 bits per heavy atom. The van der Waals surface area contributed by atoms with Crippen LogP contribution in [0.1, 0.15) is 15.9 Å². The lowest BCUT2D eigenvalue weighted by Gasteiger charge is -2.08. The van der Waals surface area contributed by atoms with Gasteiger partial charge in [0.25, 0.3) is 0 Å². The highest BCUT2D eigenvalue weighted by Crippen LogP contribution is 2.31. The van der Waals surface area contributed by atoms with Crippen LogP contribution in [-0.2, 0) is 6.54 Å². The molecule has 0 spiro atoms. The predicted octanol–water partition coefficient (Wildman–Crippen LogP) is 5.43. The van der Waals surface area contributed by atoms with Gasteiger partial charge in [0.1, 0.15) is 22.8 Å². The third-order valence-electron chi connectivity index (χ3n) is 4.43. The molecular formula is C20H11Cl2F2N3O2. The van der Waals surface area contributed by atoms with E-state index in [0.717, 1.165) is 6.07 Å². The number of carboxylic acid groups (broad SMARTS) is 1. The molecule has 0 atom stereocenters. The summed E-state index contributed by atoms with van der Waals surface area (Å²) in [5, 5.41) is 13.5. The van der Waals surface area contributed by atoms with Gasteiger partial charge in [0.05, 0.1) is 22.6 Å². The molecule has 9 heteroatoms. The van der Waals surface area contributed by atoms with Crippen LogP contribution in [-0.4, -0.2) is 25.8 Å². The Morgan fingerprint density at radius 1 is 1.10 bits per heavy atom. The number of nitrogens with zero attached hydrogens (tertiary/aromatic N) is 3. The van der Waals surface area contributed by atoms with Gasteiger partial charge in [-0.2, -0.15) is 5.10 Å². The van der Waals surface area contributed by atoms with Gasteiger partial charge in [0, 0.05) is 22.3 Å². The smallest absolute Gasteiger partial charge is 0.335 e. The molecule has 0 amide bonds. The molecule has 4 aromatic rings. The molecule has 0 unspecified atom stereocenters. The van der Waals surface area contributed by atoms with Crippen molar-refractivity contribution in [1.82, 2.24) is 14.8 Å². The molecule has 2 aromatic carbocycles. The van der Waals surface area contributed by atoms with Crippen molar-refractivity contribution in [3.8, 4) is 11.3 Å². The van der Waals surface area contributed by atoms with Gasteiger partial charge in [0.2, 0.25) is 0 Å². The highest BCUT2D eigenvalue weighted by Gasteiger charge is 2.20. The van der Waals surface area contributed by atoms with E-state index in [2.05, 4.69) is 10.1 Å². The maximum Gasteiger partial charge on any atom is 0.335 e. The minimum absolute atomic E-state index is 0.0533. The number of aromatic nitrogens is 3. The summed E-state index contributed by atoms with van der Waals surface area (Å²) >= 11 is 12.0. The number of carboxylic acids is 1. The van der Waals surface area contributed by atoms with Crippen LogP contribution in [0.2, 0.25) is 10.0 Å². The SMILES string of the molecule is O=C(O)c1ccc(-c2nn(Cc3c(Cl)ccc(Cl)c3F)c3cccnc23)c(F)c1. The number of halogens is 4. The molecule has 0 aliphatic carbocycles. The van der Waals surface area contributed by atoms with Crippen LogP contribution in [0.3, 0.4) is 0 Å². The van der Waals surface area contributed by atoms with Crippen molar-refractivity contribution in [3.05, 3.63) is 81.5 Å². The summed E-state index contributed by atoms with van der Waals surface area (Å²) < 4.78 is 30.5. The highest BCUT2D eigenvalue weighted by molar-refractivity contribution is 6.33. The van der Waals surface area contributed by atoms with Crippen molar-refractivity contribution < 1.29 is 18.7 Å².